The van der Waals surface area contributed by atoms with E-state index in [9.17, 15) is 9.90 Å². The van der Waals surface area contributed by atoms with Gasteiger partial charge in [-0.1, -0.05) is 52.5 Å². The van der Waals surface area contributed by atoms with Gasteiger partial charge in [-0.2, -0.15) is 5.10 Å². The van der Waals surface area contributed by atoms with Gasteiger partial charge < -0.3 is 5.11 Å². The predicted octanol–water partition coefficient (Wildman–Crippen LogP) is 5.85. The summed E-state index contributed by atoms with van der Waals surface area (Å²) in [6.45, 7) is 0. The molecule has 0 radical (unpaired) electrons. The van der Waals surface area contributed by atoms with E-state index < -0.39 is 5.97 Å². The summed E-state index contributed by atoms with van der Waals surface area (Å²) < 4.78 is 1.43. The Morgan fingerprint density at radius 2 is 1.67 bits per heavy atom. The third-order valence-electron chi connectivity index (χ3n) is 3.28. The van der Waals surface area contributed by atoms with Crippen molar-refractivity contribution in [2.75, 3.05) is 0 Å². The highest BCUT2D eigenvalue weighted by Gasteiger charge is 2.18. The third kappa shape index (κ3) is 3.23. The summed E-state index contributed by atoms with van der Waals surface area (Å²) in [7, 11) is 0. The summed E-state index contributed by atoms with van der Waals surface area (Å²) in [6.07, 6.45) is 0. The molecule has 0 aliphatic carbocycles. The highest BCUT2D eigenvalue weighted by Crippen LogP contribution is 2.32. The van der Waals surface area contributed by atoms with Crippen molar-refractivity contribution in [3.63, 3.8) is 0 Å². The van der Waals surface area contributed by atoms with Crippen LogP contribution < -0.4 is 0 Å². The van der Waals surface area contributed by atoms with E-state index in [0.29, 0.717) is 37.0 Å². The van der Waals surface area contributed by atoms with Crippen LogP contribution in [-0.4, -0.2) is 20.9 Å². The van der Waals surface area contributed by atoms with Crippen LogP contribution in [0.1, 0.15) is 10.5 Å². The first-order chi connectivity index (χ1) is 11.4. The number of carboxylic acid groups (broad SMARTS) is 1. The van der Waals surface area contributed by atoms with E-state index in [-0.39, 0.29) is 5.69 Å². The zero-order chi connectivity index (χ0) is 17.4. The van der Waals surface area contributed by atoms with Gasteiger partial charge in [0.2, 0.25) is 0 Å². The van der Waals surface area contributed by atoms with Gasteiger partial charge in [-0.15, -0.1) is 0 Å². The van der Waals surface area contributed by atoms with Crippen LogP contribution in [0.15, 0.2) is 42.5 Å². The molecule has 4 nitrogen and oxygen atoms in total. The van der Waals surface area contributed by atoms with Crippen molar-refractivity contribution in [2.45, 2.75) is 0 Å². The van der Waals surface area contributed by atoms with Crippen LogP contribution in [0, 0.1) is 0 Å². The van der Waals surface area contributed by atoms with Crippen molar-refractivity contribution in [3.8, 4) is 16.9 Å². The van der Waals surface area contributed by atoms with Gasteiger partial charge in [-0.05, 0) is 36.4 Å². The number of halogens is 4. The number of hydrogen-bond acceptors (Lipinski definition) is 2. The minimum atomic E-state index is -1.15. The molecule has 122 valence electrons. The topological polar surface area (TPSA) is 55.1 Å². The molecule has 2 aromatic carbocycles. The SMILES string of the molecule is O=C(O)c1cc(-c2ccc(Cl)c(Cl)c2)n(-c2ccc(Cl)cc2Cl)n1. The lowest BCUT2D eigenvalue weighted by atomic mass is 10.1. The lowest BCUT2D eigenvalue weighted by Gasteiger charge is -2.10. The second-order valence-electron chi connectivity index (χ2n) is 4.86. The molecule has 8 heteroatoms. The molecule has 0 aliphatic heterocycles. The summed E-state index contributed by atoms with van der Waals surface area (Å²) in [4.78, 5) is 11.3. The van der Waals surface area contributed by atoms with Crippen LogP contribution >= 0.6 is 46.4 Å². The maximum absolute atomic E-state index is 11.3. The fraction of sp³-hybridized carbons (Fsp3) is 0. The van der Waals surface area contributed by atoms with E-state index in [1.165, 1.54) is 10.7 Å². The largest absolute Gasteiger partial charge is 0.476 e. The maximum Gasteiger partial charge on any atom is 0.356 e. The number of benzene rings is 2. The van der Waals surface area contributed by atoms with Crippen molar-refractivity contribution in [2.24, 2.45) is 0 Å². The molecule has 1 N–H and O–H groups in total. The molecule has 1 aromatic heterocycles. The van der Waals surface area contributed by atoms with Gasteiger partial charge in [0, 0.05) is 10.6 Å². The Kier molecular flexibility index (Phi) is 4.74. The molecule has 3 aromatic rings. The van der Waals surface area contributed by atoms with Crippen LogP contribution in [0.25, 0.3) is 16.9 Å². The Labute approximate surface area is 157 Å². The minimum Gasteiger partial charge on any atom is -0.476 e. The van der Waals surface area contributed by atoms with E-state index in [0.717, 1.165) is 0 Å². The van der Waals surface area contributed by atoms with Gasteiger partial charge in [0.1, 0.15) is 0 Å². The molecular weight excluding hydrogens is 394 g/mol. The molecule has 0 bridgehead atoms. The predicted molar refractivity (Wildman–Crippen MR) is 96.0 cm³/mol. The summed E-state index contributed by atoms with van der Waals surface area (Å²) in [5.74, 6) is -1.15. The van der Waals surface area contributed by atoms with Crippen LogP contribution in [0.2, 0.25) is 20.1 Å². The van der Waals surface area contributed by atoms with Crippen molar-refractivity contribution >= 4 is 52.4 Å². The van der Waals surface area contributed by atoms with Crippen LogP contribution in [0.5, 0.6) is 0 Å². The Hall–Kier alpha value is -1.72. The first kappa shape index (κ1) is 17.1. The highest BCUT2D eigenvalue weighted by molar-refractivity contribution is 6.42. The van der Waals surface area contributed by atoms with Gasteiger partial charge >= 0.3 is 5.97 Å². The number of hydrogen-bond donors (Lipinski definition) is 1. The second-order valence-corrected chi connectivity index (χ2v) is 6.51. The van der Waals surface area contributed by atoms with E-state index in [2.05, 4.69) is 5.10 Å². The number of aromatic carboxylic acids is 1. The Balaban J connectivity index is 2.25. The fourth-order valence-corrected chi connectivity index (χ4v) is 2.97. The smallest absolute Gasteiger partial charge is 0.356 e. The first-order valence-electron chi connectivity index (χ1n) is 6.61. The molecule has 1 heterocycles. The van der Waals surface area contributed by atoms with Crippen LogP contribution in [0.4, 0.5) is 0 Å². The molecule has 3 rings (SSSR count). The molecule has 0 amide bonds. The zero-order valence-corrected chi connectivity index (χ0v) is 14.8. The lowest BCUT2D eigenvalue weighted by molar-refractivity contribution is 0.0690. The van der Waals surface area contributed by atoms with Crippen molar-refractivity contribution in [3.05, 3.63) is 68.2 Å². The molecule has 0 atom stereocenters. The van der Waals surface area contributed by atoms with Crippen LogP contribution in [-0.2, 0) is 0 Å². The Morgan fingerprint density at radius 1 is 0.917 bits per heavy atom. The maximum atomic E-state index is 11.3. The van der Waals surface area contributed by atoms with Crippen molar-refractivity contribution in [1.82, 2.24) is 9.78 Å². The van der Waals surface area contributed by atoms with E-state index >= 15 is 0 Å². The molecule has 0 fully saturated rings. The number of rotatable bonds is 3. The lowest BCUT2D eigenvalue weighted by Crippen LogP contribution is -2.03. The normalized spacial score (nSPS) is 10.8. The number of nitrogens with zero attached hydrogens (tertiary/aromatic N) is 2. The average Bonchev–Trinajstić information content (AvgIpc) is 2.95. The molecule has 0 aliphatic rings. The Morgan fingerprint density at radius 3 is 2.29 bits per heavy atom. The Bertz CT molecular complexity index is 953. The van der Waals surface area contributed by atoms with Gasteiger partial charge in [-0.25, -0.2) is 9.48 Å². The van der Waals surface area contributed by atoms with E-state index in [1.807, 2.05) is 0 Å². The standard InChI is InChI=1S/C16H8Cl4N2O2/c17-9-2-4-14(12(20)6-9)22-15(7-13(21-22)16(23)24)8-1-3-10(18)11(19)5-8/h1-7H,(H,23,24). The number of carboxylic acids is 1. The number of aromatic nitrogens is 2. The van der Waals surface area contributed by atoms with Gasteiger partial charge in [0.15, 0.2) is 5.69 Å². The second kappa shape index (κ2) is 6.65. The molecular formula is C16H8Cl4N2O2. The molecule has 24 heavy (non-hydrogen) atoms. The van der Waals surface area contributed by atoms with Gasteiger partial charge in [0.05, 0.1) is 26.4 Å². The number of carbonyl (C=O) groups is 1. The van der Waals surface area contributed by atoms with E-state index in [4.69, 9.17) is 46.4 Å². The monoisotopic (exact) mass is 400 g/mol. The van der Waals surface area contributed by atoms with Crippen molar-refractivity contribution < 1.29 is 9.90 Å². The molecule has 0 unspecified atom stereocenters. The summed E-state index contributed by atoms with van der Waals surface area (Å²) in [6, 6.07) is 11.3. The zero-order valence-electron chi connectivity index (χ0n) is 11.8. The molecule has 0 spiro atoms. The van der Waals surface area contributed by atoms with Crippen LogP contribution in [0.3, 0.4) is 0 Å². The quantitative estimate of drug-likeness (QED) is 0.598. The van der Waals surface area contributed by atoms with E-state index in [1.54, 1.807) is 36.4 Å². The summed E-state index contributed by atoms with van der Waals surface area (Å²) >= 11 is 24.1. The molecule has 0 saturated carbocycles. The van der Waals surface area contributed by atoms with Gasteiger partial charge in [0.25, 0.3) is 0 Å². The van der Waals surface area contributed by atoms with Gasteiger partial charge in [-0.3, -0.25) is 0 Å². The highest BCUT2D eigenvalue weighted by atomic mass is 35.5. The third-order valence-corrected chi connectivity index (χ3v) is 4.56. The first-order valence-corrected chi connectivity index (χ1v) is 8.12. The average molecular weight is 402 g/mol. The summed E-state index contributed by atoms with van der Waals surface area (Å²) in [5.41, 5.74) is 1.53. The summed E-state index contributed by atoms with van der Waals surface area (Å²) in [5, 5.41) is 14.9. The minimum absolute atomic E-state index is 0.123. The molecule has 0 saturated heterocycles. The fourth-order valence-electron chi connectivity index (χ4n) is 2.18. The van der Waals surface area contributed by atoms with Crippen molar-refractivity contribution in [1.29, 1.82) is 0 Å².